The quantitative estimate of drug-likeness (QED) is 0.835. The van der Waals surface area contributed by atoms with Gasteiger partial charge in [-0.25, -0.2) is 0 Å². The molecule has 18 heavy (non-hydrogen) atoms. The second-order valence-electron chi connectivity index (χ2n) is 4.18. The number of morpholine rings is 1. The molecule has 100 valence electrons. The highest BCUT2D eigenvalue weighted by atomic mass is 19.3. The maximum Gasteiger partial charge on any atom is 0.387 e. The first kappa shape index (κ1) is 13.0. The maximum atomic E-state index is 12.2. The first-order chi connectivity index (χ1) is 8.63. The van der Waals surface area contributed by atoms with Crippen molar-refractivity contribution in [1.29, 1.82) is 0 Å². The molecule has 0 bridgehead atoms. The van der Waals surface area contributed by atoms with Crippen molar-refractivity contribution in [2.24, 2.45) is 0 Å². The number of halogens is 2. The Labute approximate surface area is 104 Å². The fourth-order valence-electron chi connectivity index (χ4n) is 1.97. The monoisotopic (exact) mass is 258 g/mol. The number of nitrogens with two attached hydrogens (primary N) is 1. The van der Waals surface area contributed by atoms with Crippen molar-refractivity contribution in [3.8, 4) is 5.75 Å². The van der Waals surface area contributed by atoms with Crippen molar-refractivity contribution in [3.05, 3.63) is 23.8 Å². The second kappa shape index (κ2) is 5.97. The zero-order chi connectivity index (χ0) is 13.0. The van der Waals surface area contributed by atoms with Crippen LogP contribution in [0.15, 0.2) is 18.2 Å². The molecule has 4 nitrogen and oxygen atoms in total. The van der Waals surface area contributed by atoms with Gasteiger partial charge in [-0.2, -0.15) is 8.78 Å². The average Bonchev–Trinajstić information content (AvgIpc) is 2.28. The van der Waals surface area contributed by atoms with Crippen LogP contribution in [0.25, 0.3) is 0 Å². The largest absolute Gasteiger partial charge is 0.435 e. The van der Waals surface area contributed by atoms with Crippen molar-refractivity contribution in [2.75, 3.05) is 32.0 Å². The summed E-state index contributed by atoms with van der Waals surface area (Å²) in [7, 11) is 0. The Hall–Kier alpha value is -1.40. The summed E-state index contributed by atoms with van der Waals surface area (Å²) in [4.78, 5) is 2.18. The Morgan fingerprint density at radius 1 is 1.28 bits per heavy atom. The van der Waals surface area contributed by atoms with Gasteiger partial charge in [0, 0.05) is 31.4 Å². The normalized spacial score (nSPS) is 17.1. The molecule has 0 atom stereocenters. The minimum atomic E-state index is -2.83. The van der Waals surface area contributed by atoms with Gasteiger partial charge >= 0.3 is 6.61 Å². The van der Waals surface area contributed by atoms with Crippen LogP contribution in [0.5, 0.6) is 5.75 Å². The second-order valence-corrected chi connectivity index (χ2v) is 4.18. The predicted octanol–water partition coefficient (Wildman–Crippen LogP) is 1.70. The number of alkyl halides is 2. The molecule has 0 amide bonds. The third-order valence-corrected chi connectivity index (χ3v) is 2.72. The van der Waals surface area contributed by atoms with Gasteiger partial charge in [0.15, 0.2) is 0 Å². The summed E-state index contributed by atoms with van der Waals surface area (Å²) >= 11 is 0. The van der Waals surface area contributed by atoms with E-state index in [1.165, 1.54) is 6.07 Å². The van der Waals surface area contributed by atoms with Crippen molar-refractivity contribution >= 4 is 5.69 Å². The summed E-state index contributed by atoms with van der Waals surface area (Å²) in [6, 6.07) is 4.76. The van der Waals surface area contributed by atoms with Crippen LogP contribution in [-0.2, 0) is 11.3 Å². The molecule has 2 rings (SSSR count). The molecule has 2 N–H and O–H groups in total. The fraction of sp³-hybridized carbons (Fsp3) is 0.500. The van der Waals surface area contributed by atoms with E-state index in [9.17, 15) is 8.78 Å². The summed E-state index contributed by atoms with van der Waals surface area (Å²) in [5.41, 5.74) is 6.97. The van der Waals surface area contributed by atoms with Gasteiger partial charge < -0.3 is 15.2 Å². The topological polar surface area (TPSA) is 47.7 Å². The lowest BCUT2D eigenvalue weighted by molar-refractivity contribution is -0.0498. The lowest BCUT2D eigenvalue weighted by Gasteiger charge is -2.26. The number of anilines is 1. The highest BCUT2D eigenvalue weighted by molar-refractivity contribution is 5.47. The molecule has 0 aliphatic carbocycles. The SMILES string of the molecule is Nc1cc(CN2CCOCC2)cc(OC(F)F)c1. The Bertz CT molecular complexity index is 396. The van der Waals surface area contributed by atoms with Crippen LogP contribution in [0.1, 0.15) is 5.56 Å². The summed E-state index contributed by atoms with van der Waals surface area (Å²) in [5.74, 6) is 0.105. The molecule has 0 aromatic heterocycles. The van der Waals surface area contributed by atoms with E-state index in [4.69, 9.17) is 10.5 Å². The molecule has 1 aromatic rings. The van der Waals surface area contributed by atoms with E-state index in [-0.39, 0.29) is 5.75 Å². The van der Waals surface area contributed by atoms with E-state index in [1.54, 1.807) is 12.1 Å². The molecule has 1 fully saturated rings. The van der Waals surface area contributed by atoms with Crippen LogP contribution in [0.4, 0.5) is 14.5 Å². The van der Waals surface area contributed by atoms with Gasteiger partial charge in [0.05, 0.1) is 13.2 Å². The number of nitrogens with zero attached hydrogens (tertiary/aromatic N) is 1. The molecule has 0 saturated carbocycles. The summed E-state index contributed by atoms with van der Waals surface area (Å²) in [6.07, 6.45) is 0. The Morgan fingerprint density at radius 2 is 2.00 bits per heavy atom. The van der Waals surface area contributed by atoms with Crippen LogP contribution in [0.3, 0.4) is 0 Å². The van der Waals surface area contributed by atoms with Crippen LogP contribution in [0, 0.1) is 0 Å². The number of rotatable bonds is 4. The number of hydrogen-bond acceptors (Lipinski definition) is 4. The lowest BCUT2D eigenvalue weighted by atomic mass is 10.1. The Kier molecular flexibility index (Phi) is 4.33. The molecular weight excluding hydrogens is 242 g/mol. The van der Waals surface area contributed by atoms with E-state index in [0.717, 1.165) is 18.7 Å². The van der Waals surface area contributed by atoms with Crippen molar-refractivity contribution < 1.29 is 18.3 Å². The van der Waals surface area contributed by atoms with Gasteiger partial charge in [-0.3, -0.25) is 4.90 Å². The number of nitrogen functional groups attached to an aromatic ring is 1. The molecule has 1 aliphatic rings. The third-order valence-electron chi connectivity index (χ3n) is 2.72. The number of benzene rings is 1. The molecule has 6 heteroatoms. The van der Waals surface area contributed by atoms with Crippen molar-refractivity contribution in [3.63, 3.8) is 0 Å². The number of ether oxygens (including phenoxy) is 2. The van der Waals surface area contributed by atoms with Crippen LogP contribution in [0.2, 0.25) is 0 Å². The van der Waals surface area contributed by atoms with Crippen LogP contribution >= 0.6 is 0 Å². The molecule has 1 heterocycles. The molecule has 0 spiro atoms. The number of hydrogen-bond donors (Lipinski definition) is 1. The standard InChI is InChI=1S/C12H16F2N2O2/c13-12(14)18-11-6-9(5-10(15)7-11)8-16-1-3-17-4-2-16/h5-7,12H,1-4,8,15H2. The first-order valence-electron chi connectivity index (χ1n) is 5.78. The minimum Gasteiger partial charge on any atom is -0.435 e. The first-order valence-corrected chi connectivity index (χ1v) is 5.78. The average molecular weight is 258 g/mol. The van der Waals surface area contributed by atoms with E-state index < -0.39 is 6.61 Å². The van der Waals surface area contributed by atoms with Gasteiger partial charge in [-0.1, -0.05) is 0 Å². The van der Waals surface area contributed by atoms with Crippen molar-refractivity contribution in [1.82, 2.24) is 4.90 Å². The van der Waals surface area contributed by atoms with Gasteiger partial charge in [0.1, 0.15) is 5.75 Å². The van der Waals surface area contributed by atoms with E-state index >= 15 is 0 Å². The highest BCUT2D eigenvalue weighted by Gasteiger charge is 2.12. The lowest BCUT2D eigenvalue weighted by Crippen LogP contribution is -2.35. The van der Waals surface area contributed by atoms with E-state index in [0.29, 0.717) is 25.4 Å². The maximum absolute atomic E-state index is 12.2. The summed E-state index contributed by atoms with van der Waals surface area (Å²) < 4.78 is 33.9. The zero-order valence-electron chi connectivity index (χ0n) is 9.94. The van der Waals surface area contributed by atoms with Gasteiger partial charge in [0.2, 0.25) is 0 Å². The Morgan fingerprint density at radius 3 is 2.67 bits per heavy atom. The van der Waals surface area contributed by atoms with Gasteiger partial charge in [-0.15, -0.1) is 0 Å². The van der Waals surface area contributed by atoms with Gasteiger partial charge in [-0.05, 0) is 17.7 Å². The summed E-state index contributed by atoms with van der Waals surface area (Å²) in [6.45, 7) is 0.891. The Balaban J connectivity index is 2.04. The molecular formula is C12H16F2N2O2. The zero-order valence-corrected chi connectivity index (χ0v) is 9.94. The van der Waals surface area contributed by atoms with Crippen LogP contribution < -0.4 is 10.5 Å². The molecule has 1 aromatic carbocycles. The predicted molar refractivity (Wildman–Crippen MR) is 63.6 cm³/mol. The highest BCUT2D eigenvalue weighted by Crippen LogP contribution is 2.22. The molecule has 1 saturated heterocycles. The smallest absolute Gasteiger partial charge is 0.387 e. The van der Waals surface area contributed by atoms with E-state index in [1.807, 2.05) is 0 Å². The van der Waals surface area contributed by atoms with E-state index in [2.05, 4.69) is 9.64 Å². The van der Waals surface area contributed by atoms with Crippen molar-refractivity contribution in [2.45, 2.75) is 13.2 Å². The minimum absolute atomic E-state index is 0.105. The summed E-state index contributed by atoms with van der Waals surface area (Å²) in [5, 5.41) is 0. The fourth-order valence-corrected chi connectivity index (χ4v) is 1.97. The van der Waals surface area contributed by atoms with Crippen LogP contribution in [-0.4, -0.2) is 37.8 Å². The molecule has 1 aliphatic heterocycles. The van der Waals surface area contributed by atoms with Gasteiger partial charge in [0.25, 0.3) is 0 Å². The molecule has 0 radical (unpaired) electrons. The molecule has 0 unspecified atom stereocenters. The third kappa shape index (κ3) is 3.82.